The van der Waals surface area contributed by atoms with Gasteiger partial charge in [-0.15, -0.1) is 0 Å². The fourth-order valence-corrected chi connectivity index (χ4v) is 2.99. The minimum absolute atomic E-state index is 0.0340. The second-order valence-corrected chi connectivity index (χ2v) is 7.56. The Kier molecular flexibility index (Phi) is 7.87. The average molecular weight is 469 g/mol. The van der Waals surface area contributed by atoms with E-state index >= 15 is 0 Å². The Hall–Kier alpha value is -3.34. The van der Waals surface area contributed by atoms with E-state index in [4.69, 9.17) is 23.2 Å². The van der Waals surface area contributed by atoms with Crippen LogP contribution in [-0.4, -0.2) is 11.6 Å². The third kappa shape index (κ3) is 6.33. The van der Waals surface area contributed by atoms with E-state index in [0.717, 1.165) is 0 Å². The molecular weight excluding hydrogens is 453 g/mol. The van der Waals surface area contributed by atoms with Gasteiger partial charge in [0, 0.05) is 32.3 Å². The lowest BCUT2D eigenvalue weighted by atomic mass is 10.0. The molecule has 0 fully saturated rings. The zero-order chi connectivity index (χ0) is 23.1. The van der Waals surface area contributed by atoms with Crippen LogP contribution in [0.25, 0.3) is 0 Å². The number of carbonyl (C=O) groups excluding carboxylic acids is 2. The Balaban J connectivity index is 0.000000181. The van der Waals surface area contributed by atoms with Gasteiger partial charge in [-0.25, -0.2) is 8.78 Å². The zero-order valence-corrected chi connectivity index (χ0v) is 18.1. The molecule has 0 radical (unpaired) electrons. The Morgan fingerprint density at radius 1 is 0.438 bits per heavy atom. The molecular formula is C26H16Cl2F2O2. The molecule has 0 saturated carbocycles. The monoisotopic (exact) mass is 468 g/mol. The van der Waals surface area contributed by atoms with Gasteiger partial charge < -0.3 is 0 Å². The molecule has 4 aromatic rings. The summed E-state index contributed by atoms with van der Waals surface area (Å²) < 4.78 is 25.3. The second-order valence-electron chi connectivity index (χ2n) is 6.69. The largest absolute Gasteiger partial charge is 0.289 e. The third-order valence-corrected chi connectivity index (χ3v) is 4.93. The van der Waals surface area contributed by atoms with Gasteiger partial charge in [0.25, 0.3) is 0 Å². The maximum absolute atomic E-state index is 12.6. The molecule has 0 saturated heterocycles. The van der Waals surface area contributed by atoms with Crippen LogP contribution >= 0.6 is 23.2 Å². The highest BCUT2D eigenvalue weighted by Crippen LogP contribution is 2.16. The van der Waals surface area contributed by atoms with E-state index in [2.05, 4.69) is 0 Å². The van der Waals surface area contributed by atoms with Gasteiger partial charge >= 0.3 is 0 Å². The van der Waals surface area contributed by atoms with Crippen LogP contribution in [-0.2, 0) is 0 Å². The van der Waals surface area contributed by atoms with Crippen molar-refractivity contribution < 1.29 is 18.4 Å². The van der Waals surface area contributed by atoms with Crippen LogP contribution in [0, 0.1) is 11.6 Å². The van der Waals surface area contributed by atoms with E-state index in [9.17, 15) is 18.4 Å². The summed E-state index contributed by atoms with van der Waals surface area (Å²) in [5.41, 5.74) is 2.00. The molecule has 160 valence electrons. The number of hydrogen-bond acceptors (Lipinski definition) is 2. The average Bonchev–Trinajstić information content (AvgIpc) is 2.81. The molecule has 4 aromatic carbocycles. The van der Waals surface area contributed by atoms with Crippen molar-refractivity contribution in [3.63, 3.8) is 0 Å². The molecule has 0 spiro atoms. The van der Waals surface area contributed by atoms with Crippen molar-refractivity contribution in [3.05, 3.63) is 141 Å². The van der Waals surface area contributed by atoms with Crippen molar-refractivity contribution in [1.82, 2.24) is 0 Å². The highest BCUT2D eigenvalue weighted by molar-refractivity contribution is 6.31. The van der Waals surface area contributed by atoms with E-state index < -0.39 is 11.6 Å². The standard InChI is InChI=1S/C13H8Cl2O.C13H8F2O/c2*14-11-5-1-9(2-6-11)13(16)10-3-7-12(15)8-4-10/h2*1-8H. The molecule has 4 rings (SSSR count). The summed E-state index contributed by atoms with van der Waals surface area (Å²) in [5, 5.41) is 1.24. The van der Waals surface area contributed by atoms with Crippen molar-refractivity contribution in [1.29, 1.82) is 0 Å². The Morgan fingerprint density at radius 2 is 0.656 bits per heavy atom. The zero-order valence-electron chi connectivity index (χ0n) is 16.6. The topological polar surface area (TPSA) is 34.1 Å². The van der Waals surface area contributed by atoms with Crippen molar-refractivity contribution in [2.45, 2.75) is 0 Å². The van der Waals surface area contributed by atoms with Crippen molar-refractivity contribution in [3.8, 4) is 0 Å². The van der Waals surface area contributed by atoms with Gasteiger partial charge in [-0.05, 0) is 97.1 Å². The normalized spacial score (nSPS) is 10.1. The van der Waals surface area contributed by atoms with Crippen molar-refractivity contribution >= 4 is 34.8 Å². The smallest absolute Gasteiger partial charge is 0.193 e. The third-order valence-electron chi connectivity index (χ3n) is 4.43. The molecule has 6 heteroatoms. The molecule has 0 heterocycles. The molecule has 0 aromatic heterocycles. The lowest BCUT2D eigenvalue weighted by Crippen LogP contribution is -2.01. The molecule has 32 heavy (non-hydrogen) atoms. The number of benzene rings is 4. The van der Waals surface area contributed by atoms with Crippen LogP contribution in [0.4, 0.5) is 8.78 Å². The molecule has 0 atom stereocenters. The summed E-state index contributed by atoms with van der Waals surface area (Å²) in [6, 6.07) is 24.1. The summed E-state index contributed by atoms with van der Waals surface area (Å²) in [6.07, 6.45) is 0. The van der Waals surface area contributed by atoms with Crippen LogP contribution in [0.5, 0.6) is 0 Å². The number of halogens is 4. The molecule has 0 aliphatic carbocycles. The van der Waals surface area contributed by atoms with Gasteiger partial charge in [0.2, 0.25) is 0 Å². The molecule has 0 N–H and O–H groups in total. The van der Waals surface area contributed by atoms with Gasteiger partial charge in [-0.3, -0.25) is 9.59 Å². The highest BCUT2D eigenvalue weighted by Gasteiger charge is 2.09. The number of ketones is 2. The molecule has 2 nitrogen and oxygen atoms in total. The predicted molar refractivity (Wildman–Crippen MR) is 123 cm³/mol. The quantitative estimate of drug-likeness (QED) is 0.292. The van der Waals surface area contributed by atoms with Gasteiger partial charge in [-0.1, -0.05) is 23.2 Å². The summed E-state index contributed by atoms with van der Waals surface area (Å²) in [4.78, 5) is 23.8. The fraction of sp³-hybridized carbons (Fsp3) is 0. The first kappa shape index (κ1) is 23.3. The van der Waals surface area contributed by atoms with E-state index in [1.54, 1.807) is 48.5 Å². The van der Waals surface area contributed by atoms with E-state index in [1.807, 2.05) is 0 Å². The van der Waals surface area contributed by atoms with E-state index in [0.29, 0.717) is 32.3 Å². The van der Waals surface area contributed by atoms with Crippen LogP contribution in [0.2, 0.25) is 10.0 Å². The van der Waals surface area contributed by atoms with Crippen LogP contribution in [0.1, 0.15) is 31.8 Å². The Morgan fingerprint density at radius 3 is 0.906 bits per heavy atom. The summed E-state index contributed by atoms with van der Waals surface area (Å²) in [5.74, 6) is -1.07. The number of carbonyl (C=O) groups is 2. The summed E-state index contributed by atoms with van der Waals surface area (Å²) in [6.45, 7) is 0. The fourth-order valence-electron chi connectivity index (χ4n) is 2.74. The molecule has 0 aliphatic rings. The Labute approximate surface area is 194 Å². The minimum atomic E-state index is -0.393. The second kappa shape index (κ2) is 10.8. The van der Waals surface area contributed by atoms with Gasteiger partial charge in [0.1, 0.15) is 11.6 Å². The lowest BCUT2D eigenvalue weighted by Gasteiger charge is -2.01. The van der Waals surface area contributed by atoms with E-state index in [1.165, 1.54) is 48.5 Å². The number of rotatable bonds is 4. The maximum atomic E-state index is 12.6. The Bertz CT molecular complexity index is 1010. The predicted octanol–water partition coefficient (Wildman–Crippen LogP) is 7.42. The number of hydrogen-bond donors (Lipinski definition) is 0. The van der Waals surface area contributed by atoms with Gasteiger partial charge in [-0.2, -0.15) is 0 Å². The maximum Gasteiger partial charge on any atom is 0.193 e. The highest BCUT2D eigenvalue weighted by atomic mass is 35.5. The van der Waals surface area contributed by atoms with Crippen molar-refractivity contribution in [2.24, 2.45) is 0 Å². The minimum Gasteiger partial charge on any atom is -0.289 e. The molecule has 0 unspecified atom stereocenters. The first-order chi connectivity index (χ1) is 15.3. The first-order valence-electron chi connectivity index (χ1n) is 9.45. The van der Waals surface area contributed by atoms with Crippen LogP contribution in [0.15, 0.2) is 97.1 Å². The van der Waals surface area contributed by atoms with E-state index in [-0.39, 0.29) is 11.6 Å². The molecule has 0 bridgehead atoms. The van der Waals surface area contributed by atoms with Crippen molar-refractivity contribution in [2.75, 3.05) is 0 Å². The molecule has 0 aliphatic heterocycles. The van der Waals surface area contributed by atoms with Crippen LogP contribution < -0.4 is 0 Å². The van der Waals surface area contributed by atoms with Crippen LogP contribution in [0.3, 0.4) is 0 Å². The molecule has 0 amide bonds. The first-order valence-corrected chi connectivity index (χ1v) is 10.2. The summed E-state index contributed by atoms with van der Waals surface area (Å²) >= 11 is 11.5. The lowest BCUT2D eigenvalue weighted by molar-refractivity contribution is 0.103. The van der Waals surface area contributed by atoms with Gasteiger partial charge in [0.05, 0.1) is 0 Å². The summed E-state index contributed by atoms with van der Waals surface area (Å²) in [7, 11) is 0. The van der Waals surface area contributed by atoms with Gasteiger partial charge in [0.15, 0.2) is 11.6 Å². The SMILES string of the molecule is O=C(c1ccc(Cl)cc1)c1ccc(Cl)cc1.O=C(c1ccc(F)cc1)c1ccc(F)cc1.